The first kappa shape index (κ1) is 16.4. The number of halogens is 1. The predicted octanol–water partition coefficient (Wildman–Crippen LogP) is 1.61. The Morgan fingerprint density at radius 3 is 3.04 bits per heavy atom. The van der Waals surface area contributed by atoms with E-state index in [2.05, 4.69) is 15.5 Å². The summed E-state index contributed by atoms with van der Waals surface area (Å²) in [5.74, 6) is -0.571. The molecule has 0 radical (unpaired) electrons. The van der Waals surface area contributed by atoms with Gasteiger partial charge in [0.1, 0.15) is 11.9 Å². The molecule has 0 bridgehead atoms. The number of amides is 1. The van der Waals surface area contributed by atoms with Gasteiger partial charge in [0.05, 0.1) is 6.21 Å². The average molecular weight is 338 g/mol. The van der Waals surface area contributed by atoms with Crippen LogP contribution in [0.15, 0.2) is 29.5 Å². The van der Waals surface area contributed by atoms with Gasteiger partial charge in [-0.3, -0.25) is 4.79 Å². The number of hydrogen-bond donors (Lipinski definition) is 2. The summed E-state index contributed by atoms with van der Waals surface area (Å²) >= 11 is 5.78. The highest BCUT2D eigenvalue weighted by molar-refractivity contribution is 6.30. The van der Waals surface area contributed by atoms with E-state index < -0.39 is 10.8 Å². The lowest BCUT2D eigenvalue weighted by molar-refractivity contribution is -0.392. The van der Waals surface area contributed by atoms with Crippen molar-refractivity contribution in [2.45, 2.75) is 13.5 Å². The molecule has 9 nitrogen and oxygen atoms in total. The van der Waals surface area contributed by atoms with Crippen molar-refractivity contribution in [3.63, 3.8) is 0 Å². The van der Waals surface area contributed by atoms with Crippen molar-refractivity contribution in [2.24, 2.45) is 5.10 Å². The predicted molar refractivity (Wildman–Crippen MR) is 82.5 cm³/mol. The molecule has 0 fully saturated rings. The Bertz CT molecular complexity index is 787. The Balaban J connectivity index is 2.03. The maximum Gasteiger partial charge on any atom is 0.343 e. The standard InChI is InChI=1S/C13H12ClN5O4/c1-8-15-6-13(19(22)23)18(8)7-12(21)17-16-5-9-4-10(14)2-3-11(9)20/h2-6,20H,7H2,1H3,(H,17,21)/b16-5-. The highest BCUT2D eigenvalue weighted by atomic mass is 35.5. The first-order valence-electron chi connectivity index (χ1n) is 6.35. The number of nitrogens with one attached hydrogen (secondary N) is 1. The van der Waals surface area contributed by atoms with Gasteiger partial charge < -0.3 is 15.2 Å². The van der Waals surface area contributed by atoms with Crippen molar-refractivity contribution in [2.75, 3.05) is 0 Å². The molecule has 0 aliphatic carbocycles. The summed E-state index contributed by atoms with van der Waals surface area (Å²) in [6.07, 6.45) is 2.30. The molecule has 0 unspecified atom stereocenters. The summed E-state index contributed by atoms with van der Waals surface area (Å²) in [4.78, 5) is 25.8. The molecule has 1 aromatic heterocycles. The van der Waals surface area contributed by atoms with E-state index in [4.69, 9.17) is 11.6 Å². The highest BCUT2D eigenvalue weighted by Gasteiger charge is 2.19. The van der Waals surface area contributed by atoms with Crippen molar-refractivity contribution >= 4 is 29.5 Å². The van der Waals surface area contributed by atoms with Crippen molar-refractivity contribution in [1.29, 1.82) is 0 Å². The maximum atomic E-state index is 11.8. The van der Waals surface area contributed by atoms with Gasteiger partial charge in [-0.1, -0.05) is 11.6 Å². The molecule has 2 aromatic rings. The van der Waals surface area contributed by atoms with E-state index in [9.17, 15) is 20.0 Å². The number of carbonyl (C=O) groups is 1. The Kier molecular flexibility index (Phi) is 4.91. The summed E-state index contributed by atoms with van der Waals surface area (Å²) in [5.41, 5.74) is 2.54. The van der Waals surface area contributed by atoms with Crippen LogP contribution in [0, 0.1) is 17.0 Å². The van der Waals surface area contributed by atoms with Crippen molar-refractivity contribution in [3.8, 4) is 5.75 Å². The fraction of sp³-hybridized carbons (Fsp3) is 0.154. The van der Waals surface area contributed by atoms with Crippen LogP contribution in [0.25, 0.3) is 0 Å². The maximum absolute atomic E-state index is 11.8. The molecule has 2 N–H and O–H groups in total. The molecule has 0 aliphatic rings. The van der Waals surface area contributed by atoms with E-state index in [1.165, 1.54) is 24.4 Å². The van der Waals surface area contributed by atoms with E-state index in [-0.39, 0.29) is 18.1 Å². The van der Waals surface area contributed by atoms with Gasteiger partial charge in [0, 0.05) is 17.5 Å². The second-order valence-electron chi connectivity index (χ2n) is 4.50. The SMILES string of the molecule is Cc1ncc([N+](=O)[O-])n1CC(=O)N/N=C\c1cc(Cl)ccc1O. The smallest absolute Gasteiger partial charge is 0.343 e. The Hall–Kier alpha value is -2.94. The summed E-state index contributed by atoms with van der Waals surface area (Å²) < 4.78 is 1.15. The average Bonchev–Trinajstić information content (AvgIpc) is 2.84. The zero-order chi connectivity index (χ0) is 17.0. The molecule has 0 saturated heterocycles. The van der Waals surface area contributed by atoms with Crippen LogP contribution in [0.1, 0.15) is 11.4 Å². The number of rotatable bonds is 5. The molecule has 1 aromatic carbocycles. The highest BCUT2D eigenvalue weighted by Crippen LogP contribution is 2.19. The number of hydrazone groups is 1. The molecular weight excluding hydrogens is 326 g/mol. The second-order valence-corrected chi connectivity index (χ2v) is 4.94. The first-order valence-corrected chi connectivity index (χ1v) is 6.73. The number of phenolic OH excluding ortho intramolecular Hbond substituents is 1. The zero-order valence-electron chi connectivity index (χ0n) is 11.9. The third-order valence-corrected chi connectivity index (χ3v) is 3.14. The van der Waals surface area contributed by atoms with Crippen molar-refractivity contribution in [3.05, 3.63) is 50.9 Å². The van der Waals surface area contributed by atoms with Crippen LogP contribution in [0.5, 0.6) is 5.75 Å². The molecule has 120 valence electrons. The molecule has 1 amide bonds. The van der Waals surface area contributed by atoms with Gasteiger partial charge in [0.25, 0.3) is 5.91 Å². The molecule has 0 aliphatic heterocycles. The second kappa shape index (κ2) is 6.88. The number of aromatic hydroxyl groups is 1. The van der Waals surface area contributed by atoms with Gasteiger partial charge in [-0.2, -0.15) is 5.10 Å². The van der Waals surface area contributed by atoms with Gasteiger partial charge in [-0.05, 0) is 23.1 Å². The van der Waals surface area contributed by atoms with Crippen LogP contribution in [0.4, 0.5) is 5.82 Å². The zero-order valence-corrected chi connectivity index (χ0v) is 12.7. The lowest BCUT2D eigenvalue weighted by Gasteiger charge is -2.02. The summed E-state index contributed by atoms with van der Waals surface area (Å²) in [6.45, 7) is 1.24. The molecule has 10 heteroatoms. The number of aromatic nitrogens is 2. The number of carbonyl (C=O) groups excluding carboxylic acids is 1. The van der Waals surface area contributed by atoms with Crippen LogP contribution in [-0.4, -0.2) is 31.7 Å². The minimum absolute atomic E-state index is 0.0477. The van der Waals surface area contributed by atoms with E-state index in [1.54, 1.807) is 6.92 Å². The summed E-state index contributed by atoms with van der Waals surface area (Å²) in [6, 6.07) is 4.37. The minimum Gasteiger partial charge on any atom is -0.507 e. The monoisotopic (exact) mass is 337 g/mol. The molecular formula is C13H12ClN5O4. The van der Waals surface area contributed by atoms with Crippen molar-refractivity contribution in [1.82, 2.24) is 15.0 Å². The van der Waals surface area contributed by atoms with Crippen LogP contribution in [0.2, 0.25) is 5.02 Å². The summed E-state index contributed by atoms with van der Waals surface area (Å²) in [7, 11) is 0. The van der Waals surface area contributed by atoms with Crippen LogP contribution >= 0.6 is 11.6 Å². The molecule has 0 atom stereocenters. The lowest BCUT2D eigenvalue weighted by Crippen LogP contribution is -2.24. The van der Waals surface area contributed by atoms with Crippen LogP contribution in [0.3, 0.4) is 0 Å². The Morgan fingerprint density at radius 2 is 2.35 bits per heavy atom. The molecule has 0 saturated carbocycles. The van der Waals surface area contributed by atoms with E-state index in [0.717, 1.165) is 10.8 Å². The van der Waals surface area contributed by atoms with E-state index >= 15 is 0 Å². The van der Waals surface area contributed by atoms with Crippen LogP contribution < -0.4 is 5.43 Å². The fourth-order valence-corrected chi connectivity index (χ4v) is 1.96. The topological polar surface area (TPSA) is 123 Å². The van der Waals surface area contributed by atoms with E-state index in [1.807, 2.05) is 0 Å². The van der Waals surface area contributed by atoms with Gasteiger partial charge in [0.2, 0.25) is 0 Å². The third kappa shape index (κ3) is 4.04. The van der Waals surface area contributed by atoms with E-state index in [0.29, 0.717) is 16.4 Å². The molecule has 0 spiro atoms. The minimum atomic E-state index is -0.624. The Labute approximate surface area is 135 Å². The van der Waals surface area contributed by atoms with Gasteiger partial charge in [-0.15, -0.1) is 0 Å². The number of aryl methyl sites for hydroxylation is 1. The number of nitro groups is 1. The summed E-state index contributed by atoms with van der Waals surface area (Å²) in [5, 5.41) is 24.5. The van der Waals surface area contributed by atoms with Gasteiger partial charge >= 0.3 is 5.82 Å². The fourth-order valence-electron chi connectivity index (χ4n) is 1.78. The first-order chi connectivity index (χ1) is 10.9. The number of nitrogens with zero attached hydrogens (tertiary/aromatic N) is 4. The lowest BCUT2D eigenvalue weighted by atomic mass is 10.2. The van der Waals surface area contributed by atoms with Gasteiger partial charge in [-0.25, -0.2) is 15.0 Å². The van der Waals surface area contributed by atoms with Crippen LogP contribution in [-0.2, 0) is 11.3 Å². The third-order valence-electron chi connectivity index (χ3n) is 2.91. The number of imidazole rings is 1. The van der Waals surface area contributed by atoms with Gasteiger partial charge in [0.15, 0.2) is 12.4 Å². The number of phenols is 1. The molecule has 1 heterocycles. The molecule has 2 rings (SSSR count). The normalized spacial score (nSPS) is 10.9. The van der Waals surface area contributed by atoms with Crippen molar-refractivity contribution < 1.29 is 14.8 Å². The quantitative estimate of drug-likeness (QED) is 0.487. The number of benzene rings is 1. The Morgan fingerprint density at radius 1 is 1.61 bits per heavy atom. The molecule has 23 heavy (non-hydrogen) atoms. The largest absolute Gasteiger partial charge is 0.507 e. The number of hydrogen-bond acceptors (Lipinski definition) is 6.